The van der Waals surface area contributed by atoms with Gasteiger partial charge in [-0.15, -0.1) is 5.10 Å². The van der Waals surface area contributed by atoms with Crippen molar-refractivity contribution in [2.75, 3.05) is 27.5 Å². The van der Waals surface area contributed by atoms with Gasteiger partial charge in [0.1, 0.15) is 6.04 Å². The van der Waals surface area contributed by atoms with E-state index in [0.29, 0.717) is 28.6 Å². The molecule has 10 heteroatoms. The summed E-state index contributed by atoms with van der Waals surface area (Å²) >= 11 is 0. The van der Waals surface area contributed by atoms with E-state index in [1.807, 2.05) is 37.4 Å². The number of nitrogens with one attached hydrogen (secondary N) is 1. The highest BCUT2D eigenvalue weighted by Gasteiger charge is 2.37. The molecule has 10 nitrogen and oxygen atoms in total. The van der Waals surface area contributed by atoms with E-state index >= 15 is 0 Å². The molecule has 2 aliphatic heterocycles. The number of hydrogen-bond donors (Lipinski definition) is 1. The van der Waals surface area contributed by atoms with E-state index in [4.69, 9.17) is 14.2 Å². The lowest BCUT2D eigenvalue weighted by Gasteiger charge is -2.34. The Morgan fingerprint density at radius 2 is 2.03 bits per heavy atom. The first-order valence-corrected chi connectivity index (χ1v) is 12.5. The van der Waals surface area contributed by atoms with Crippen molar-refractivity contribution in [3.05, 3.63) is 52.8 Å². The molecule has 0 spiro atoms. The zero-order valence-electron chi connectivity index (χ0n) is 20.6. The number of rotatable bonds is 5. The minimum Gasteiger partial charge on any atom is -0.492 e. The summed E-state index contributed by atoms with van der Waals surface area (Å²) in [5.41, 5.74) is 3.41. The second-order valence-electron chi connectivity index (χ2n) is 9.66. The Balaban J connectivity index is 1.37. The van der Waals surface area contributed by atoms with Gasteiger partial charge in [-0.05, 0) is 66.6 Å². The van der Waals surface area contributed by atoms with Gasteiger partial charge in [0.15, 0.2) is 17.3 Å². The molecule has 0 unspecified atom stereocenters. The molecule has 1 N–H and O–H groups in total. The Morgan fingerprint density at radius 3 is 2.86 bits per heavy atom. The monoisotopic (exact) mass is 490 g/mol. The van der Waals surface area contributed by atoms with E-state index < -0.39 is 0 Å². The average molecular weight is 491 g/mol. The van der Waals surface area contributed by atoms with E-state index in [9.17, 15) is 4.79 Å². The number of nitrogens with zero attached hydrogens (tertiary/aromatic N) is 5. The highest BCUT2D eigenvalue weighted by molar-refractivity contribution is 5.94. The first-order valence-electron chi connectivity index (χ1n) is 12.5. The molecule has 0 radical (unpaired) electrons. The molecule has 188 valence electrons. The summed E-state index contributed by atoms with van der Waals surface area (Å²) in [5.74, 6) is 2.53. The Hall–Kier alpha value is -3.66. The van der Waals surface area contributed by atoms with Crippen molar-refractivity contribution in [1.82, 2.24) is 30.4 Å². The first kappa shape index (κ1) is 22.8. The van der Waals surface area contributed by atoms with E-state index in [2.05, 4.69) is 25.7 Å². The summed E-state index contributed by atoms with van der Waals surface area (Å²) in [6.07, 6.45) is 6.49. The Bertz CT molecular complexity index is 1290. The lowest BCUT2D eigenvalue weighted by molar-refractivity contribution is 0.0927. The van der Waals surface area contributed by atoms with Gasteiger partial charge in [-0.2, -0.15) is 4.68 Å². The van der Waals surface area contributed by atoms with Crippen molar-refractivity contribution in [1.29, 1.82) is 0 Å². The standard InChI is InChI=1S/C26H30N6O4/c1-31-12-11-16-14-20-23(36-15-35-20)24(34-2)21(16)22(31)25-28-29-30-32(25)19-10-6-7-17(13-19)26(33)27-18-8-4-3-5-9-18/h6-7,10,13-14,18,22H,3-5,8-9,11-12,15H2,1-2H3,(H,27,33)/t22-/m1/s1. The van der Waals surface area contributed by atoms with Gasteiger partial charge in [0.25, 0.3) is 5.91 Å². The van der Waals surface area contributed by atoms with Crippen LogP contribution in [0.25, 0.3) is 5.69 Å². The molecular formula is C26H30N6O4. The van der Waals surface area contributed by atoms with E-state index in [1.54, 1.807) is 11.8 Å². The number of tetrazole rings is 1. The fraction of sp³-hybridized carbons (Fsp3) is 0.462. The van der Waals surface area contributed by atoms with Crippen molar-refractivity contribution >= 4 is 5.91 Å². The topological polar surface area (TPSA) is 104 Å². The van der Waals surface area contributed by atoms with Gasteiger partial charge >= 0.3 is 0 Å². The molecule has 6 rings (SSSR count). The van der Waals surface area contributed by atoms with Crippen LogP contribution in [0.2, 0.25) is 0 Å². The second kappa shape index (κ2) is 9.42. The van der Waals surface area contributed by atoms with Gasteiger partial charge in [0, 0.05) is 23.7 Å². The third-order valence-corrected chi connectivity index (χ3v) is 7.43. The predicted octanol–water partition coefficient (Wildman–Crippen LogP) is 3.04. The van der Waals surface area contributed by atoms with E-state index in [0.717, 1.165) is 42.6 Å². The summed E-state index contributed by atoms with van der Waals surface area (Å²) in [5, 5.41) is 16.0. The number of carbonyl (C=O) groups is 1. The van der Waals surface area contributed by atoms with Gasteiger partial charge < -0.3 is 19.5 Å². The van der Waals surface area contributed by atoms with Crippen molar-refractivity contribution < 1.29 is 19.0 Å². The quantitative estimate of drug-likeness (QED) is 0.582. The zero-order chi connectivity index (χ0) is 24.6. The highest BCUT2D eigenvalue weighted by Crippen LogP contribution is 2.50. The maximum atomic E-state index is 13.0. The number of ether oxygens (including phenoxy) is 3. The molecule has 3 aliphatic rings. The van der Waals surface area contributed by atoms with Crippen LogP contribution in [0, 0.1) is 0 Å². The molecular weight excluding hydrogens is 460 g/mol. The molecule has 1 fully saturated rings. The minimum absolute atomic E-state index is 0.0621. The lowest BCUT2D eigenvalue weighted by Crippen LogP contribution is -2.36. The number of methoxy groups -OCH3 is 1. The van der Waals surface area contributed by atoms with Crippen LogP contribution >= 0.6 is 0 Å². The number of hydrogen-bond acceptors (Lipinski definition) is 8. The van der Waals surface area contributed by atoms with Crippen LogP contribution in [0.4, 0.5) is 0 Å². The van der Waals surface area contributed by atoms with Crippen LogP contribution in [0.1, 0.15) is 65.5 Å². The lowest BCUT2D eigenvalue weighted by atomic mass is 9.90. The smallest absolute Gasteiger partial charge is 0.251 e. The third kappa shape index (κ3) is 3.95. The third-order valence-electron chi connectivity index (χ3n) is 7.43. The molecule has 1 aliphatic carbocycles. The van der Waals surface area contributed by atoms with Crippen LogP contribution in [0.15, 0.2) is 30.3 Å². The van der Waals surface area contributed by atoms with Crippen LogP contribution in [-0.4, -0.2) is 64.6 Å². The normalized spacial score (nSPS) is 19.7. The zero-order valence-corrected chi connectivity index (χ0v) is 20.6. The number of carbonyl (C=O) groups excluding carboxylic acids is 1. The summed E-state index contributed by atoms with van der Waals surface area (Å²) < 4.78 is 18.9. The molecule has 36 heavy (non-hydrogen) atoms. The van der Waals surface area contributed by atoms with Crippen molar-refractivity contribution in [2.24, 2.45) is 0 Å². The molecule has 1 amide bonds. The summed E-state index contributed by atoms with van der Waals surface area (Å²) in [7, 11) is 3.69. The van der Waals surface area contributed by atoms with Gasteiger partial charge in [-0.3, -0.25) is 9.69 Å². The fourth-order valence-electron chi connectivity index (χ4n) is 5.60. The molecule has 2 aromatic carbocycles. The van der Waals surface area contributed by atoms with Gasteiger partial charge in [-0.25, -0.2) is 0 Å². The molecule has 1 atom stereocenters. The number of fused-ring (bicyclic) bond motifs is 2. The van der Waals surface area contributed by atoms with Gasteiger partial charge in [0.2, 0.25) is 12.5 Å². The molecule has 1 aromatic heterocycles. The number of aromatic nitrogens is 4. The Morgan fingerprint density at radius 1 is 1.17 bits per heavy atom. The number of benzene rings is 2. The molecule has 0 saturated heterocycles. The van der Waals surface area contributed by atoms with Crippen LogP contribution < -0.4 is 19.5 Å². The number of likely N-dealkylation sites (N-methyl/N-ethyl adjacent to an activating group) is 1. The fourth-order valence-corrected chi connectivity index (χ4v) is 5.60. The Labute approximate surface area is 209 Å². The maximum Gasteiger partial charge on any atom is 0.251 e. The molecule has 3 aromatic rings. The predicted molar refractivity (Wildman–Crippen MR) is 131 cm³/mol. The summed E-state index contributed by atoms with van der Waals surface area (Å²) in [6, 6.07) is 9.46. The molecule has 1 saturated carbocycles. The Kier molecular flexibility index (Phi) is 5.96. The second-order valence-corrected chi connectivity index (χ2v) is 9.66. The maximum absolute atomic E-state index is 13.0. The summed E-state index contributed by atoms with van der Waals surface area (Å²) in [4.78, 5) is 15.2. The van der Waals surface area contributed by atoms with E-state index in [-0.39, 0.29) is 24.8 Å². The van der Waals surface area contributed by atoms with Crippen LogP contribution in [-0.2, 0) is 6.42 Å². The van der Waals surface area contributed by atoms with Crippen LogP contribution in [0.3, 0.4) is 0 Å². The largest absolute Gasteiger partial charge is 0.492 e. The first-order chi connectivity index (χ1) is 17.6. The van der Waals surface area contributed by atoms with Crippen molar-refractivity contribution in [3.63, 3.8) is 0 Å². The van der Waals surface area contributed by atoms with Crippen molar-refractivity contribution in [2.45, 2.75) is 50.6 Å². The molecule has 0 bridgehead atoms. The minimum atomic E-state index is -0.270. The highest BCUT2D eigenvalue weighted by atomic mass is 16.7. The number of amides is 1. The average Bonchev–Trinajstić information content (AvgIpc) is 3.58. The van der Waals surface area contributed by atoms with Crippen LogP contribution in [0.5, 0.6) is 17.2 Å². The van der Waals surface area contributed by atoms with Gasteiger partial charge in [0.05, 0.1) is 12.8 Å². The van der Waals surface area contributed by atoms with Gasteiger partial charge in [-0.1, -0.05) is 25.3 Å². The van der Waals surface area contributed by atoms with Crippen molar-refractivity contribution in [3.8, 4) is 22.9 Å². The molecule has 3 heterocycles. The summed E-state index contributed by atoms with van der Waals surface area (Å²) in [6.45, 7) is 0.986. The van der Waals surface area contributed by atoms with E-state index in [1.165, 1.54) is 19.3 Å². The SMILES string of the molecule is COc1c2c(cc3c1[C@H](c1nnnn1-c1cccc(C(=O)NC4CCCCC4)c1)N(C)CC3)OCO2.